The van der Waals surface area contributed by atoms with Crippen LogP contribution >= 0.6 is 11.8 Å². The summed E-state index contributed by atoms with van der Waals surface area (Å²) >= 11 is -0.223. The summed E-state index contributed by atoms with van der Waals surface area (Å²) in [6.07, 6.45) is 12.9. The van der Waals surface area contributed by atoms with Crippen LogP contribution in [0.15, 0.2) is 41.1 Å². The normalized spacial score (nSPS) is 12.8. The van der Waals surface area contributed by atoms with Gasteiger partial charge in [-0.25, -0.2) is 0 Å². The zero-order chi connectivity index (χ0) is 18.5. The van der Waals surface area contributed by atoms with Crippen molar-refractivity contribution >= 4 is 30.1 Å². The maximum absolute atomic E-state index is 4.65. The van der Waals surface area contributed by atoms with E-state index < -0.39 is 18.4 Å². The van der Waals surface area contributed by atoms with Crippen molar-refractivity contribution in [3.05, 3.63) is 36.0 Å². The SMILES string of the molecule is CCC[CH2][Sn]([CH2]CCC)([CH2]CCC)[CH](C=C(C)C)Sc1ccccn1. The van der Waals surface area contributed by atoms with Crippen molar-refractivity contribution in [1.82, 2.24) is 4.98 Å². The number of rotatable bonds is 13. The molecule has 0 aliphatic heterocycles. The Kier molecular flexibility index (Phi) is 12.2. The first-order valence-electron chi connectivity index (χ1n) is 10.3. The Morgan fingerprint density at radius 2 is 1.56 bits per heavy atom. The molecule has 0 spiro atoms. The summed E-state index contributed by atoms with van der Waals surface area (Å²) in [7, 11) is 0. The van der Waals surface area contributed by atoms with Crippen molar-refractivity contribution in [2.45, 2.75) is 94.7 Å². The van der Waals surface area contributed by atoms with E-state index in [2.05, 4.69) is 69.6 Å². The second kappa shape index (κ2) is 13.2. The molecule has 1 aromatic heterocycles. The molecule has 1 atom stereocenters. The van der Waals surface area contributed by atoms with Gasteiger partial charge in [0.25, 0.3) is 0 Å². The average molecular weight is 468 g/mol. The first-order chi connectivity index (χ1) is 12.1. The van der Waals surface area contributed by atoms with E-state index in [-0.39, 0.29) is 0 Å². The monoisotopic (exact) mass is 469 g/mol. The Hall–Kier alpha value is 0.0387. The van der Waals surface area contributed by atoms with Gasteiger partial charge in [0.2, 0.25) is 0 Å². The van der Waals surface area contributed by atoms with E-state index in [4.69, 9.17) is 0 Å². The molecule has 0 N–H and O–H groups in total. The third-order valence-electron chi connectivity index (χ3n) is 5.06. The number of allylic oxidation sites excluding steroid dienone is 1. The summed E-state index contributed by atoms with van der Waals surface area (Å²) < 4.78 is 5.40. The van der Waals surface area contributed by atoms with Gasteiger partial charge in [0.05, 0.1) is 0 Å². The predicted octanol–water partition coefficient (Wildman–Crippen LogP) is 7.90. The van der Waals surface area contributed by atoms with Crippen molar-refractivity contribution < 1.29 is 0 Å². The average Bonchev–Trinajstić information content (AvgIpc) is 2.61. The van der Waals surface area contributed by atoms with Crippen molar-refractivity contribution in [3.8, 4) is 0 Å². The van der Waals surface area contributed by atoms with E-state index >= 15 is 0 Å². The van der Waals surface area contributed by atoms with E-state index in [1.165, 1.54) is 49.1 Å². The van der Waals surface area contributed by atoms with Crippen LogP contribution in [0.1, 0.15) is 73.1 Å². The standard InChI is InChI=1S/C10H12NS.3C4H9.Sn/c1-9(2)6-8-12-10-5-3-4-7-11-10;3*1-3-4-2;/h3-8H,1-2H3;3*1,3-4H2,2H3;. The molecule has 1 heterocycles. The molecule has 0 aliphatic carbocycles. The van der Waals surface area contributed by atoms with Crippen LogP contribution in [0.2, 0.25) is 13.3 Å². The molecule has 25 heavy (non-hydrogen) atoms. The zero-order valence-electron chi connectivity index (χ0n) is 17.2. The first kappa shape index (κ1) is 23.1. The summed E-state index contributed by atoms with van der Waals surface area (Å²) in [5, 5.41) is 1.22. The third-order valence-corrected chi connectivity index (χ3v) is 25.8. The van der Waals surface area contributed by atoms with Gasteiger partial charge in [-0.1, -0.05) is 0 Å². The van der Waals surface area contributed by atoms with Crippen LogP contribution in [-0.4, -0.2) is 26.6 Å². The van der Waals surface area contributed by atoms with E-state index in [0.717, 1.165) is 3.27 Å². The molecule has 1 unspecified atom stereocenters. The second-order valence-corrected chi connectivity index (χ2v) is 23.8. The maximum atomic E-state index is 4.65. The molecular formula is C22H39NSSn. The van der Waals surface area contributed by atoms with Crippen molar-refractivity contribution in [1.29, 1.82) is 0 Å². The molecule has 0 amide bonds. The van der Waals surface area contributed by atoms with E-state index in [1.54, 1.807) is 13.3 Å². The van der Waals surface area contributed by atoms with Gasteiger partial charge < -0.3 is 0 Å². The van der Waals surface area contributed by atoms with Crippen LogP contribution in [0.5, 0.6) is 0 Å². The second-order valence-electron chi connectivity index (χ2n) is 7.62. The van der Waals surface area contributed by atoms with Gasteiger partial charge in [-0.3, -0.25) is 0 Å². The number of thioether (sulfide) groups is 1. The van der Waals surface area contributed by atoms with E-state index in [9.17, 15) is 0 Å². The molecule has 0 radical (unpaired) electrons. The van der Waals surface area contributed by atoms with Crippen LogP contribution in [0, 0.1) is 0 Å². The molecule has 0 saturated carbocycles. The number of nitrogens with zero attached hydrogens (tertiary/aromatic N) is 1. The fourth-order valence-electron chi connectivity index (χ4n) is 3.57. The fraction of sp³-hybridized carbons (Fsp3) is 0.682. The molecule has 1 rings (SSSR count). The number of unbranched alkanes of at least 4 members (excludes halogenated alkanes) is 3. The zero-order valence-corrected chi connectivity index (χ0v) is 20.9. The molecule has 0 saturated heterocycles. The number of pyridine rings is 1. The Bertz CT molecular complexity index is 460. The molecule has 0 aromatic carbocycles. The van der Waals surface area contributed by atoms with Crippen LogP contribution in [-0.2, 0) is 0 Å². The van der Waals surface area contributed by atoms with Crippen LogP contribution in [0.25, 0.3) is 0 Å². The summed E-state index contributed by atoms with van der Waals surface area (Å²) in [5.74, 6) is 0. The van der Waals surface area contributed by atoms with Gasteiger partial charge in [0, 0.05) is 0 Å². The molecule has 0 aliphatic rings. The third kappa shape index (κ3) is 8.51. The van der Waals surface area contributed by atoms with Crippen molar-refractivity contribution in [2.24, 2.45) is 0 Å². The van der Waals surface area contributed by atoms with Crippen LogP contribution in [0.4, 0.5) is 0 Å². The topological polar surface area (TPSA) is 12.9 Å². The molecule has 0 fully saturated rings. The van der Waals surface area contributed by atoms with E-state index in [1.807, 2.05) is 12.3 Å². The molecule has 1 aromatic rings. The van der Waals surface area contributed by atoms with Crippen LogP contribution < -0.4 is 0 Å². The van der Waals surface area contributed by atoms with Gasteiger partial charge in [0.15, 0.2) is 0 Å². The number of hydrogen-bond acceptors (Lipinski definition) is 2. The summed E-state index contributed by atoms with van der Waals surface area (Å²) in [6.45, 7) is 11.6. The Labute approximate surface area is 165 Å². The first-order valence-corrected chi connectivity index (χ1v) is 18.9. The number of hydrogen-bond donors (Lipinski definition) is 0. The minimum absolute atomic E-state index is 0.735. The Balaban J connectivity index is 3.19. The van der Waals surface area contributed by atoms with Crippen molar-refractivity contribution in [2.75, 3.05) is 0 Å². The quantitative estimate of drug-likeness (QED) is 0.166. The van der Waals surface area contributed by atoms with Gasteiger partial charge in [-0.2, -0.15) is 0 Å². The minimum atomic E-state index is -2.30. The van der Waals surface area contributed by atoms with Gasteiger partial charge in [0.1, 0.15) is 0 Å². The van der Waals surface area contributed by atoms with Gasteiger partial charge in [-0.15, -0.1) is 0 Å². The summed E-state index contributed by atoms with van der Waals surface area (Å²) in [6, 6.07) is 6.37. The van der Waals surface area contributed by atoms with Crippen molar-refractivity contribution in [3.63, 3.8) is 0 Å². The molecule has 142 valence electrons. The predicted molar refractivity (Wildman–Crippen MR) is 118 cm³/mol. The molecule has 0 bridgehead atoms. The van der Waals surface area contributed by atoms with Crippen LogP contribution in [0.3, 0.4) is 0 Å². The summed E-state index contributed by atoms with van der Waals surface area (Å²) in [5.41, 5.74) is 1.49. The Morgan fingerprint density at radius 3 is 1.96 bits per heavy atom. The van der Waals surface area contributed by atoms with Gasteiger partial charge >= 0.3 is 166 Å². The molecule has 3 heteroatoms. The van der Waals surface area contributed by atoms with Gasteiger partial charge in [-0.05, 0) is 0 Å². The summed E-state index contributed by atoms with van der Waals surface area (Å²) in [4.78, 5) is 4.65. The fourth-order valence-corrected chi connectivity index (χ4v) is 25.8. The number of aromatic nitrogens is 1. The molecular weight excluding hydrogens is 429 g/mol. The van der Waals surface area contributed by atoms with E-state index in [0.29, 0.717) is 0 Å². The Morgan fingerprint density at radius 1 is 1.00 bits per heavy atom. The molecule has 1 nitrogen and oxygen atoms in total.